The number of allylic oxidation sites excluding steroid dienone is 3. The van der Waals surface area contributed by atoms with E-state index >= 15 is 0 Å². The van der Waals surface area contributed by atoms with Crippen molar-refractivity contribution in [2.75, 3.05) is 9.80 Å². The minimum absolute atomic E-state index is 0.290. The molecule has 3 heteroatoms. The summed E-state index contributed by atoms with van der Waals surface area (Å²) in [4.78, 5) is 4.92. The van der Waals surface area contributed by atoms with Gasteiger partial charge < -0.3 is 14.4 Å². The van der Waals surface area contributed by atoms with Gasteiger partial charge in [0.15, 0.2) is 0 Å². The first-order chi connectivity index (χ1) is 30.3. The van der Waals surface area contributed by atoms with Gasteiger partial charge in [-0.25, -0.2) is 0 Å². The largest absolute Gasteiger partial charge is 0.313 e. The third kappa shape index (κ3) is 5.89. The maximum atomic E-state index is 2.46. The number of aromatic nitrogens is 1. The highest BCUT2D eigenvalue weighted by Crippen LogP contribution is 2.52. The molecule has 1 atom stereocenters. The van der Waals surface area contributed by atoms with Crippen LogP contribution in [0, 0.1) is 0 Å². The first kappa shape index (κ1) is 35.1. The fourth-order valence-corrected chi connectivity index (χ4v) is 9.82. The molecule has 12 rings (SSSR count). The summed E-state index contributed by atoms with van der Waals surface area (Å²) in [6.07, 6.45) is 5.77. The maximum Gasteiger partial charge on any atom is 0.0547 e. The topological polar surface area (TPSA) is 11.4 Å². The van der Waals surface area contributed by atoms with Crippen LogP contribution in [-0.4, -0.2) is 4.57 Å². The van der Waals surface area contributed by atoms with Gasteiger partial charge in [0.05, 0.1) is 16.7 Å². The molecule has 288 valence electrons. The van der Waals surface area contributed by atoms with Crippen molar-refractivity contribution in [3.63, 3.8) is 0 Å². The van der Waals surface area contributed by atoms with Crippen LogP contribution in [0.4, 0.5) is 22.7 Å². The fraction of sp³-hybridized carbons (Fsp3) is 0.0345. The van der Waals surface area contributed by atoms with E-state index in [1.54, 1.807) is 0 Å². The second-order valence-corrected chi connectivity index (χ2v) is 16.1. The summed E-state index contributed by atoms with van der Waals surface area (Å²) in [5, 5.41) is 5.05. The van der Waals surface area contributed by atoms with Gasteiger partial charge >= 0.3 is 0 Å². The van der Waals surface area contributed by atoms with Gasteiger partial charge in [-0.3, -0.25) is 0 Å². The van der Waals surface area contributed by atoms with Crippen molar-refractivity contribution in [1.82, 2.24) is 4.57 Å². The van der Waals surface area contributed by atoms with Crippen LogP contribution in [0.5, 0.6) is 0 Å². The number of hydrogen-bond acceptors (Lipinski definition) is 2. The maximum absolute atomic E-state index is 2.46. The van der Waals surface area contributed by atoms with Crippen molar-refractivity contribution in [1.29, 1.82) is 0 Å². The van der Waals surface area contributed by atoms with E-state index in [1.807, 2.05) is 0 Å². The average Bonchev–Trinajstić information content (AvgIpc) is 3.84. The molecule has 9 aromatic carbocycles. The minimum Gasteiger partial charge on any atom is -0.313 e. The normalized spacial score (nSPS) is 14.5. The Hall–Kier alpha value is -7.88. The standard InChI is InChI=1S/C58H41N3/c1-3-15-42(16-4-1)49-21-9-12-24-54(49)59(48-35-36-52-50-22-10-13-25-55(50)60(58(52)39-48)45-19-5-2-6-20-45)46-31-27-40(28-32-46)41-29-33-47(34-30-41)61-56-26-14-11-23-51(56)53-37-43-17-7-8-18-44(43)38-57(53)61/h1-35,37-39,52H,36H2. The number of anilines is 4. The van der Waals surface area contributed by atoms with Crippen molar-refractivity contribution < 1.29 is 0 Å². The highest BCUT2D eigenvalue weighted by Gasteiger charge is 2.36. The molecule has 0 spiro atoms. The van der Waals surface area contributed by atoms with Gasteiger partial charge in [-0.2, -0.15) is 0 Å². The summed E-state index contributed by atoms with van der Waals surface area (Å²) in [6.45, 7) is 0. The number of hydrogen-bond donors (Lipinski definition) is 0. The number of rotatable bonds is 7. The summed E-state index contributed by atoms with van der Waals surface area (Å²) in [5.41, 5.74) is 16.9. The Morgan fingerprint density at radius 1 is 0.459 bits per heavy atom. The molecule has 3 nitrogen and oxygen atoms in total. The van der Waals surface area contributed by atoms with E-state index in [0.717, 1.165) is 23.5 Å². The molecule has 2 aliphatic rings. The van der Waals surface area contributed by atoms with Gasteiger partial charge in [-0.05, 0) is 112 Å². The zero-order valence-electron chi connectivity index (χ0n) is 33.6. The summed E-state index contributed by atoms with van der Waals surface area (Å²) >= 11 is 0. The Labute approximate surface area is 356 Å². The molecule has 0 fully saturated rings. The van der Waals surface area contributed by atoms with Crippen LogP contribution in [0.25, 0.3) is 60.5 Å². The van der Waals surface area contributed by atoms with E-state index in [1.165, 1.54) is 83.2 Å². The molecular weight excluding hydrogens is 739 g/mol. The first-order valence-corrected chi connectivity index (χ1v) is 21.2. The average molecular weight is 780 g/mol. The minimum atomic E-state index is 0.290. The fourth-order valence-electron chi connectivity index (χ4n) is 9.82. The Bertz CT molecular complexity index is 3320. The lowest BCUT2D eigenvalue weighted by atomic mass is 9.90. The van der Waals surface area contributed by atoms with Crippen LogP contribution < -0.4 is 9.80 Å². The highest BCUT2D eigenvalue weighted by molar-refractivity contribution is 6.13. The molecule has 1 aromatic heterocycles. The summed E-state index contributed by atoms with van der Waals surface area (Å²) in [6, 6.07) is 79.5. The van der Waals surface area contributed by atoms with Gasteiger partial charge in [0.25, 0.3) is 0 Å². The molecule has 0 amide bonds. The summed E-state index contributed by atoms with van der Waals surface area (Å²) < 4.78 is 2.41. The number of nitrogens with zero attached hydrogens (tertiary/aromatic N) is 3. The van der Waals surface area contributed by atoms with E-state index in [0.29, 0.717) is 5.92 Å². The number of para-hydroxylation sites is 4. The van der Waals surface area contributed by atoms with Crippen LogP contribution in [-0.2, 0) is 0 Å². The second kappa shape index (κ2) is 14.4. The van der Waals surface area contributed by atoms with E-state index in [9.17, 15) is 0 Å². The van der Waals surface area contributed by atoms with Crippen LogP contribution in [0.3, 0.4) is 0 Å². The molecule has 0 saturated heterocycles. The van der Waals surface area contributed by atoms with E-state index in [2.05, 4.69) is 245 Å². The second-order valence-electron chi connectivity index (χ2n) is 16.1. The van der Waals surface area contributed by atoms with E-state index in [-0.39, 0.29) is 0 Å². The highest BCUT2D eigenvalue weighted by atomic mass is 15.2. The zero-order valence-corrected chi connectivity index (χ0v) is 33.6. The summed E-state index contributed by atoms with van der Waals surface area (Å²) in [5.74, 6) is 0.290. The smallest absolute Gasteiger partial charge is 0.0547 e. The van der Waals surface area contributed by atoms with Crippen molar-refractivity contribution >= 4 is 55.3 Å². The quantitative estimate of drug-likeness (QED) is 0.160. The van der Waals surface area contributed by atoms with Gasteiger partial charge in [-0.1, -0.05) is 158 Å². The van der Waals surface area contributed by atoms with Crippen LogP contribution >= 0.6 is 0 Å². The predicted molar refractivity (Wildman–Crippen MR) is 256 cm³/mol. The Morgan fingerprint density at radius 2 is 1.10 bits per heavy atom. The molecule has 1 aliphatic carbocycles. The Balaban J connectivity index is 0.942. The van der Waals surface area contributed by atoms with Crippen molar-refractivity contribution in [3.05, 3.63) is 247 Å². The van der Waals surface area contributed by atoms with Gasteiger partial charge in [0.1, 0.15) is 0 Å². The Kier molecular flexibility index (Phi) is 8.31. The zero-order chi connectivity index (χ0) is 40.3. The Morgan fingerprint density at radius 3 is 1.90 bits per heavy atom. The number of benzene rings is 9. The third-order valence-corrected chi connectivity index (χ3v) is 12.7. The molecule has 10 aromatic rings. The monoisotopic (exact) mass is 779 g/mol. The van der Waals surface area contributed by atoms with Gasteiger partial charge in [0.2, 0.25) is 0 Å². The lowest BCUT2D eigenvalue weighted by Gasteiger charge is -2.33. The molecule has 1 aliphatic heterocycles. The lowest BCUT2D eigenvalue weighted by molar-refractivity contribution is 0.806. The molecule has 0 radical (unpaired) electrons. The lowest BCUT2D eigenvalue weighted by Crippen LogP contribution is -2.22. The molecule has 2 heterocycles. The van der Waals surface area contributed by atoms with Crippen LogP contribution in [0.1, 0.15) is 17.9 Å². The van der Waals surface area contributed by atoms with E-state index in [4.69, 9.17) is 0 Å². The van der Waals surface area contributed by atoms with E-state index < -0.39 is 0 Å². The number of fused-ring (bicyclic) bond motifs is 7. The third-order valence-electron chi connectivity index (χ3n) is 12.7. The molecule has 0 bridgehead atoms. The molecular formula is C58H41N3. The SMILES string of the molecule is C1=C(N(c2ccc(-c3ccc(-n4c5ccccc5c5cc6ccccc6cc54)cc3)cc2)c2ccccc2-c2ccccc2)C=C2C(C1)c1ccccc1N2c1ccccc1. The van der Waals surface area contributed by atoms with Crippen molar-refractivity contribution in [2.24, 2.45) is 0 Å². The predicted octanol–water partition coefficient (Wildman–Crippen LogP) is 15.5. The van der Waals surface area contributed by atoms with Crippen molar-refractivity contribution in [2.45, 2.75) is 12.3 Å². The molecule has 0 N–H and O–H groups in total. The van der Waals surface area contributed by atoms with Crippen molar-refractivity contribution in [3.8, 4) is 27.9 Å². The molecule has 61 heavy (non-hydrogen) atoms. The molecule has 0 saturated carbocycles. The van der Waals surface area contributed by atoms with Crippen LogP contribution in [0.15, 0.2) is 242 Å². The van der Waals surface area contributed by atoms with Crippen LogP contribution in [0.2, 0.25) is 0 Å². The molecule has 1 unspecified atom stereocenters. The summed E-state index contributed by atoms with van der Waals surface area (Å²) in [7, 11) is 0. The van der Waals surface area contributed by atoms with Gasteiger partial charge in [0, 0.05) is 56.4 Å². The van der Waals surface area contributed by atoms with Gasteiger partial charge in [-0.15, -0.1) is 0 Å². The first-order valence-electron chi connectivity index (χ1n) is 21.2.